The van der Waals surface area contributed by atoms with Gasteiger partial charge in [-0.25, -0.2) is 0 Å². The zero-order valence-electron chi connectivity index (χ0n) is 13.4. The van der Waals surface area contributed by atoms with E-state index in [4.69, 9.17) is 0 Å². The molecule has 1 aliphatic heterocycles. The largest absolute Gasteiger partial charge is 0.307 e. The number of nitro benzene ring substituents is 1. The van der Waals surface area contributed by atoms with Crippen LogP contribution in [0.5, 0.6) is 0 Å². The van der Waals surface area contributed by atoms with Gasteiger partial charge in [0.15, 0.2) is 0 Å². The van der Waals surface area contributed by atoms with Gasteiger partial charge in [0.25, 0.3) is 5.69 Å². The molecule has 1 aliphatic rings. The molecule has 0 amide bonds. The molecule has 5 heteroatoms. The van der Waals surface area contributed by atoms with Gasteiger partial charge in [-0.05, 0) is 45.3 Å². The van der Waals surface area contributed by atoms with Crippen LogP contribution in [0.15, 0.2) is 36.4 Å². The molecule has 5 nitrogen and oxygen atoms in total. The Morgan fingerprint density at radius 3 is 2.50 bits per heavy atom. The van der Waals surface area contributed by atoms with Gasteiger partial charge in [-0.15, -0.1) is 0 Å². The molecule has 0 bridgehead atoms. The van der Waals surface area contributed by atoms with E-state index in [9.17, 15) is 10.1 Å². The summed E-state index contributed by atoms with van der Waals surface area (Å²) in [6.07, 6.45) is 2.26. The lowest BCUT2D eigenvalue weighted by Crippen LogP contribution is -2.43. The van der Waals surface area contributed by atoms with Gasteiger partial charge in [0.1, 0.15) is 0 Å². The fourth-order valence-electron chi connectivity index (χ4n) is 2.97. The normalized spacial score (nSPS) is 18.1. The Morgan fingerprint density at radius 2 is 2.00 bits per heavy atom. The quantitative estimate of drug-likeness (QED) is 0.498. The standard InChI is InChI=1S/C17H25N3O2/c1-13(2)12-19-10-8-16(9-11-19)18-14(3)15-4-6-17(7-5-15)20(21)22/h4-7,14,16,18H,1,8-12H2,2-3H3/t14-/m1/s1. The van der Waals surface area contributed by atoms with Crippen LogP contribution in [0.4, 0.5) is 5.69 Å². The average molecular weight is 303 g/mol. The Morgan fingerprint density at radius 1 is 1.41 bits per heavy atom. The van der Waals surface area contributed by atoms with Gasteiger partial charge >= 0.3 is 0 Å². The SMILES string of the molecule is C=C(C)CN1CCC(N[C@H](C)c2ccc([N+](=O)[O-])cc2)CC1. The van der Waals surface area contributed by atoms with Crippen molar-refractivity contribution in [1.82, 2.24) is 10.2 Å². The first-order valence-corrected chi connectivity index (χ1v) is 7.83. The molecule has 1 heterocycles. The smallest absolute Gasteiger partial charge is 0.269 e. The highest BCUT2D eigenvalue weighted by molar-refractivity contribution is 5.34. The van der Waals surface area contributed by atoms with Crippen LogP contribution >= 0.6 is 0 Å². The number of non-ortho nitro benzene ring substituents is 1. The van der Waals surface area contributed by atoms with Crippen LogP contribution in [0.25, 0.3) is 0 Å². The van der Waals surface area contributed by atoms with Crippen molar-refractivity contribution >= 4 is 5.69 Å². The molecule has 0 saturated carbocycles. The van der Waals surface area contributed by atoms with Crippen molar-refractivity contribution in [3.63, 3.8) is 0 Å². The van der Waals surface area contributed by atoms with Crippen molar-refractivity contribution in [3.05, 3.63) is 52.1 Å². The molecular formula is C17H25N3O2. The number of likely N-dealkylation sites (tertiary alicyclic amines) is 1. The molecule has 0 radical (unpaired) electrons. The average Bonchev–Trinajstić information content (AvgIpc) is 2.49. The number of hydrogen-bond acceptors (Lipinski definition) is 4. The maximum atomic E-state index is 10.7. The predicted octanol–water partition coefficient (Wildman–Crippen LogP) is 3.29. The lowest BCUT2D eigenvalue weighted by atomic mass is 10.0. The maximum absolute atomic E-state index is 10.7. The van der Waals surface area contributed by atoms with Crippen molar-refractivity contribution in [2.45, 2.75) is 38.8 Å². The Balaban J connectivity index is 1.83. The topological polar surface area (TPSA) is 58.4 Å². The number of rotatable bonds is 6. The van der Waals surface area contributed by atoms with Crippen LogP contribution in [0.2, 0.25) is 0 Å². The van der Waals surface area contributed by atoms with Crippen molar-refractivity contribution < 1.29 is 4.92 Å². The zero-order chi connectivity index (χ0) is 16.1. The highest BCUT2D eigenvalue weighted by Crippen LogP contribution is 2.20. The van der Waals surface area contributed by atoms with E-state index in [1.807, 2.05) is 12.1 Å². The molecule has 1 atom stereocenters. The molecule has 0 unspecified atom stereocenters. The van der Waals surface area contributed by atoms with Crippen LogP contribution < -0.4 is 5.32 Å². The fraction of sp³-hybridized carbons (Fsp3) is 0.529. The summed E-state index contributed by atoms with van der Waals surface area (Å²) in [4.78, 5) is 12.8. The predicted molar refractivity (Wildman–Crippen MR) is 88.9 cm³/mol. The minimum atomic E-state index is -0.362. The number of benzene rings is 1. The van der Waals surface area contributed by atoms with Crippen LogP contribution in [0.1, 0.15) is 38.3 Å². The van der Waals surface area contributed by atoms with Crippen molar-refractivity contribution in [1.29, 1.82) is 0 Å². The van der Waals surface area contributed by atoms with Gasteiger partial charge in [0.2, 0.25) is 0 Å². The van der Waals surface area contributed by atoms with Gasteiger partial charge < -0.3 is 5.32 Å². The van der Waals surface area contributed by atoms with Crippen LogP contribution in [0.3, 0.4) is 0 Å². The summed E-state index contributed by atoms with van der Waals surface area (Å²) < 4.78 is 0. The molecule has 0 aliphatic carbocycles. The first-order chi connectivity index (χ1) is 10.5. The molecule has 0 spiro atoms. The van der Waals surface area contributed by atoms with E-state index in [0.717, 1.165) is 38.0 Å². The maximum Gasteiger partial charge on any atom is 0.269 e. The van der Waals surface area contributed by atoms with Gasteiger partial charge in [0.05, 0.1) is 4.92 Å². The van der Waals surface area contributed by atoms with Crippen molar-refractivity contribution in [3.8, 4) is 0 Å². The minimum Gasteiger partial charge on any atom is -0.307 e. The lowest BCUT2D eigenvalue weighted by Gasteiger charge is -2.34. The molecule has 2 rings (SSSR count). The van der Waals surface area contributed by atoms with Gasteiger partial charge in [0, 0.05) is 30.8 Å². The highest BCUT2D eigenvalue weighted by atomic mass is 16.6. The number of nitro groups is 1. The molecule has 1 aromatic rings. The van der Waals surface area contributed by atoms with Gasteiger partial charge in [-0.2, -0.15) is 0 Å². The summed E-state index contributed by atoms with van der Waals surface area (Å²) in [5, 5.41) is 14.3. The van der Waals surface area contributed by atoms with Crippen molar-refractivity contribution in [2.24, 2.45) is 0 Å². The van der Waals surface area contributed by atoms with Gasteiger partial charge in [-0.1, -0.05) is 24.3 Å². The molecule has 1 fully saturated rings. The second kappa shape index (κ2) is 7.51. The molecule has 1 aromatic carbocycles. The monoisotopic (exact) mass is 303 g/mol. The Bertz CT molecular complexity index is 519. The van der Waals surface area contributed by atoms with E-state index >= 15 is 0 Å². The Kier molecular flexibility index (Phi) is 5.69. The summed E-state index contributed by atoms with van der Waals surface area (Å²) in [6.45, 7) is 11.3. The highest BCUT2D eigenvalue weighted by Gasteiger charge is 2.20. The van der Waals surface area contributed by atoms with E-state index < -0.39 is 0 Å². The summed E-state index contributed by atoms with van der Waals surface area (Å²) in [6, 6.07) is 7.54. The number of hydrogen-bond donors (Lipinski definition) is 1. The molecular weight excluding hydrogens is 278 g/mol. The van der Waals surface area contributed by atoms with E-state index in [1.54, 1.807) is 12.1 Å². The van der Waals surface area contributed by atoms with E-state index in [1.165, 1.54) is 5.57 Å². The molecule has 0 aromatic heterocycles. The van der Waals surface area contributed by atoms with E-state index in [2.05, 4.69) is 30.6 Å². The first kappa shape index (κ1) is 16.6. The zero-order valence-corrected chi connectivity index (χ0v) is 13.4. The van der Waals surface area contributed by atoms with Crippen LogP contribution in [0, 0.1) is 10.1 Å². The third kappa shape index (κ3) is 4.64. The number of nitrogens with one attached hydrogen (secondary N) is 1. The molecule has 1 N–H and O–H groups in total. The summed E-state index contributed by atoms with van der Waals surface area (Å²) in [5.74, 6) is 0. The summed E-state index contributed by atoms with van der Waals surface area (Å²) in [7, 11) is 0. The van der Waals surface area contributed by atoms with E-state index in [0.29, 0.717) is 6.04 Å². The fourth-order valence-corrected chi connectivity index (χ4v) is 2.97. The van der Waals surface area contributed by atoms with Crippen molar-refractivity contribution in [2.75, 3.05) is 19.6 Å². The lowest BCUT2D eigenvalue weighted by molar-refractivity contribution is -0.384. The van der Waals surface area contributed by atoms with Crippen LogP contribution in [-0.2, 0) is 0 Å². The number of nitrogens with zero attached hydrogens (tertiary/aromatic N) is 2. The summed E-state index contributed by atoms with van der Waals surface area (Å²) in [5.41, 5.74) is 2.45. The molecule has 1 saturated heterocycles. The minimum absolute atomic E-state index is 0.143. The van der Waals surface area contributed by atoms with Crippen LogP contribution in [-0.4, -0.2) is 35.5 Å². The third-order valence-electron chi connectivity index (χ3n) is 4.17. The second-order valence-electron chi connectivity index (χ2n) is 6.24. The van der Waals surface area contributed by atoms with E-state index in [-0.39, 0.29) is 16.7 Å². The first-order valence-electron chi connectivity index (χ1n) is 7.83. The molecule has 22 heavy (non-hydrogen) atoms. The van der Waals surface area contributed by atoms with Gasteiger partial charge in [-0.3, -0.25) is 15.0 Å². The molecule has 120 valence electrons. The Labute approximate surface area is 132 Å². The number of piperidine rings is 1. The second-order valence-corrected chi connectivity index (χ2v) is 6.24. The third-order valence-corrected chi connectivity index (χ3v) is 4.17. The Hall–Kier alpha value is -1.72. The summed E-state index contributed by atoms with van der Waals surface area (Å²) >= 11 is 0.